The molecule has 2 heterocycles. The summed E-state index contributed by atoms with van der Waals surface area (Å²) in [5.74, 6) is 0.967. The van der Waals surface area contributed by atoms with Crippen LogP contribution in [0.4, 0.5) is 0 Å². The van der Waals surface area contributed by atoms with Crippen molar-refractivity contribution in [2.24, 2.45) is 5.92 Å². The van der Waals surface area contributed by atoms with Crippen molar-refractivity contribution < 1.29 is 14.3 Å². The van der Waals surface area contributed by atoms with Crippen LogP contribution in [0.1, 0.15) is 31.0 Å². The summed E-state index contributed by atoms with van der Waals surface area (Å²) in [6.45, 7) is 4.91. The van der Waals surface area contributed by atoms with Crippen LogP contribution in [-0.2, 0) is 17.9 Å². The molecule has 8 heteroatoms. The molecule has 0 radical (unpaired) electrons. The standard InChI is InChI=1S/C25H27N3O5/c1-17(2)24(19-8-9-20-21(14-19)33-13-12-32-20)26-22(29)16-28-23(30)10-11-27(25(28)31)15-18-6-4-3-5-7-18/h3-11,14,17,24H,12-13,15-16H2,1-2H3,(H,26,29)/t24-/m1/s1. The van der Waals surface area contributed by atoms with Gasteiger partial charge in [-0.25, -0.2) is 4.79 Å². The van der Waals surface area contributed by atoms with Crippen molar-refractivity contribution in [1.29, 1.82) is 0 Å². The molecule has 1 N–H and O–H groups in total. The lowest BCUT2D eigenvalue weighted by atomic mass is 9.95. The molecular weight excluding hydrogens is 422 g/mol. The van der Waals surface area contributed by atoms with Crippen LogP contribution >= 0.6 is 0 Å². The number of nitrogens with one attached hydrogen (secondary N) is 1. The van der Waals surface area contributed by atoms with Crippen LogP contribution in [0.15, 0.2) is 70.4 Å². The Hall–Kier alpha value is -3.81. The van der Waals surface area contributed by atoms with Crippen LogP contribution in [0.3, 0.4) is 0 Å². The highest BCUT2D eigenvalue weighted by Gasteiger charge is 2.22. The Morgan fingerprint density at radius 2 is 1.73 bits per heavy atom. The first kappa shape index (κ1) is 22.4. The van der Waals surface area contributed by atoms with Crippen LogP contribution in [0.2, 0.25) is 0 Å². The second kappa shape index (κ2) is 9.77. The molecule has 0 bridgehead atoms. The number of aromatic nitrogens is 2. The molecule has 0 unspecified atom stereocenters. The third kappa shape index (κ3) is 5.16. The maximum absolute atomic E-state index is 12.9. The third-order valence-electron chi connectivity index (χ3n) is 5.55. The fourth-order valence-electron chi connectivity index (χ4n) is 3.85. The van der Waals surface area contributed by atoms with Gasteiger partial charge in [0.25, 0.3) is 5.56 Å². The van der Waals surface area contributed by atoms with Gasteiger partial charge >= 0.3 is 5.69 Å². The highest BCUT2D eigenvalue weighted by Crippen LogP contribution is 2.34. The number of amides is 1. The maximum Gasteiger partial charge on any atom is 0.331 e. The van der Waals surface area contributed by atoms with E-state index in [1.165, 1.54) is 16.8 Å². The van der Waals surface area contributed by atoms with Crippen molar-refractivity contribution in [2.75, 3.05) is 13.2 Å². The van der Waals surface area contributed by atoms with Gasteiger partial charge in [-0.3, -0.25) is 18.7 Å². The van der Waals surface area contributed by atoms with E-state index >= 15 is 0 Å². The molecule has 3 aromatic rings. The van der Waals surface area contributed by atoms with E-state index in [2.05, 4.69) is 5.32 Å². The molecule has 1 aliphatic rings. The van der Waals surface area contributed by atoms with E-state index in [4.69, 9.17) is 9.47 Å². The summed E-state index contributed by atoms with van der Waals surface area (Å²) >= 11 is 0. The van der Waals surface area contributed by atoms with Crippen LogP contribution < -0.4 is 26.0 Å². The topological polar surface area (TPSA) is 91.6 Å². The molecule has 1 aliphatic heterocycles. The van der Waals surface area contributed by atoms with Gasteiger partial charge in [0, 0.05) is 12.3 Å². The Bertz CT molecular complexity index is 1250. The fraction of sp³-hybridized carbons (Fsp3) is 0.320. The van der Waals surface area contributed by atoms with E-state index in [9.17, 15) is 14.4 Å². The summed E-state index contributed by atoms with van der Waals surface area (Å²) in [6.07, 6.45) is 1.46. The van der Waals surface area contributed by atoms with Gasteiger partial charge in [0.2, 0.25) is 5.91 Å². The first-order chi connectivity index (χ1) is 15.9. The van der Waals surface area contributed by atoms with E-state index in [0.717, 1.165) is 15.7 Å². The highest BCUT2D eigenvalue weighted by molar-refractivity contribution is 5.76. The predicted molar refractivity (Wildman–Crippen MR) is 124 cm³/mol. The van der Waals surface area contributed by atoms with Crippen molar-refractivity contribution in [3.8, 4) is 11.5 Å². The van der Waals surface area contributed by atoms with Gasteiger partial charge in [0.05, 0.1) is 12.6 Å². The van der Waals surface area contributed by atoms with Crippen molar-refractivity contribution in [3.05, 3.63) is 92.8 Å². The second-order valence-corrected chi connectivity index (χ2v) is 8.33. The van der Waals surface area contributed by atoms with Crippen LogP contribution in [0.25, 0.3) is 0 Å². The van der Waals surface area contributed by atoms with Crippen LogP contribution in [0.5, 0.6) is 11.5 Å². The average Bonchev–Trinajstić information content (AvgIpc) is 2.82. The number of rotatable bonds is 7. The molecular formula is C25H27N3O5. The first-order valence-corrected chi connectivity index (χ1v) is 11.0. The molecule has 0 aliphatic carbocycles. The minimum Gasteiger partial charge on any atom is -0.486 e. The lowest BCUT2D eigenvalue weighted by Gasteiger charge is -2.25. The van der Waals surface area contributed by atoms with Crippen molar-refractivity contribution in [3.63, 3.8) is 0 Å². The van der Waals surface area contributed by atoms with E-state index in [-0.39, 0.29) is 18.5 Å². The number of hydrogen-bond acceptors (Lipinski definition) is 5. The Labute approximate surface area is 191 Å². The third-order valence-corrected chi connectivity index (χ3v) is 5.55. The number of nitrogens with zero attached hydrogens (tertiary/aromatic N) is 2. The monoisotopic (exact) mass is 449 g/mol. The van der Waals surface area contributed by atoms with Crippen LogP contribution in [0, 0.1) is 5.92 Å². The normalized spacial score (nSPS) is 13.5. The summed E-state index contributed by atoms with van der Waals surface area (Å²) in [7, 11) is 0. The van der Waals surface area contributed by atoms with Gasteiger partial charge in [0.15, 0.2) is 11.5 Å². The summed E-state index contributed by atoms with van der Waals surface area (Å²) in [5.41, 5.74) is 0.749. The minimum atomic E-state index is -0.526. The number of ether oxygens (including phenoxy) is 2. The zero-order valence-electron chi connectivity index (χ0n) is 18.7. The minimum absolute atomic E-state index is 0.0683. The molecule has 0 fully saturated rings. The number of carbonyl (C=O) groups is 1. The molecule has 0 spiro atoms. The van der Waals surface area contributed by atoms with Crippen molar-refractivity contribution >= 4 is 5.91 Å². The summed E-state index contributed by atoms with van der Waals surface area (Å²) < 4.78 is 13.6. The smallest absolute Gasteiger partial charge is 0.331 e. The second-order valence-electron chi connectivity index (χ2n) is 8.33. The number of fused-ring (bicyclic) bond motifs is 1. The van der Waals surface area contributed by atoms with Gasteiger partial charge in [-0.1, -0.05) is 50.2 Å². The molecule has 1 aromatic heterocycles. The Morgan fingerprint density at radius 1 is 1.00 bits per heavy atom. The van der Waals surface area contributed by atoms with Gasteiger partial charge in [-0.2, -0.15) is 0 Å². The van der Waals surface area contributed by atoms with E-state index < -0.39 is 17.2 Å². The Balaban J connectivity index is 1.53. The predicted octanol–water partition coefficient (Wildman–Crippen LogP) is 2.34. The largest absolute Gasteiger partial charge is 0.486 e. The summed E-state index contributed by atoms with van der Waals surface area (Å²) in [5, 5.41) is 2.97. The van der Waals surface area contributed by atoms with Gasteiger partial charge in [-0.15, -0.1) is 0 Å². The fourth-order valence-corrected chi connectivity index (χ4v) is 3.85. The van der Waals surface area contributed by atoms with Crippen molar-refractivity contribution in [1.82, 2.24) is 14.5 Å². The van der Waals surface area contributed by atoms with Gasteiger partial charge in [-0.05, 0) is 29.2 Å². The van der Waals surface area contributed by atoms with E-state index in [0.29, 0.717) is 31.3 Å². The van der Waals surface area contributed by atoms with Gasteiger partial charge in [0.1, 0.15) is 19.8 Å². The van der Waals surface area contributed by atoms with E-state index in [1.54, 1.807) is 0 Å². The van der Waals surface area contributed by atoms with E-state index in [1.807, 2.05) is 62.4 Å². The summed E-state index contributed by atoms with van der Waals surface area (Å²) in [6, 6.07) is 16.0. The zero-order valence-corrected chi connectivity index (χ0v) is 18.7. The molecule has 172 valence electrons. The van der Waals surface area contributed by atoms with Gasteiger partial charge < -0.3 is 14.8 Å². The molecule has 8 nitrogen and oxygen atoms in total. The zero-order chi connectivity index (χ0) is 23.4. The summed E-state index contributed by atoms with van der Waals surface area (Å²) in [4.78, 5) is 38.2. The molecule has 33 heavy (non-hydrogen) atoms. The quantitative estimate of drug-likeness (QED) is 0.598. The highest BCUT2D eigenvalue weighted by atomic mass is 16.6. The lowest BCUT2D eigenvalue weighted by molar-refractivity contribution is -0.122. The SMILES string of the molecule is CC(C)[C@@H](NC(=O)Cn1c(=O)ccn(Cc2ccccc2)c1=O)c1ccc2c(c1)OCCO2. The number of hydrogen-bond donors (Lipinski definition) is 1. The van der Waals surface area contributed by atoms with Crippen LogP contribution in [-0.4, -0.2) is 28.3 Å². The molecule has 0 saturated heterocycles. The molecule has 1 amide bonds. The Kier molecular flexibility index (Phi) is 6.63. The first-order valence-electron chi connectivity index (χ1n) is 11.0. The molecule has 0 saturated carbocycles. The molecule has 1 atom stereocenters. The average molecular weight is 450 g/mol. The van der Waals surface area contributed by atoms with Crippen molar-refractivity contribution in [2.45, 2.75) is 33.0 Å². The molecule has 2 aromatic carbocycles. The number of benzene rings is 2. The molecule has 4 rings (SSSR count). The Morgan fingerprint density at radius 3 is 2.45 bits per heavy atom. The number of carbonyl (C=O) groups excluding carboxylic acids is 1. The maximum atomic E-state index is 12.9. The lowest BCUT2D eigenvalue weighted by Crippen LogP contribution is -2.44.